The van der Waals surface area contributed by atoms with Crippen molar-refractivity contribution < 1.29 is 19.5 Å². The minimum absolute atomic E-state index is 0.0668. The van der Waals surface area contributed by atoms with Gasteiger partial charge in [-0.3, -0.25) is 0 Å². The van der Waals surface area contributed by atoms with Crippen LogP contribution >= 0.6 is 0 Å². The lowest BCUT2D eigenvalue weighted by atomic mass is 9.52. The molecule has 4 rings (SSSR count). The molecule has 4 aliphatic rings. The number of carbonyl (C=O) groups is 1. The molecule has 0 radical (unpaired) electrons. The average molecular weight is 333 g/mol. The molecule has 0 spiro atoms. The highest BCUT2D eigenvalue weighted by atomic mass is 16.5. The molecule has 5 atom stereocenters. The number of hydrogen-bond acceptors (Lipinski definition) is 5. The molecule has 132 valence electrons. The molecule has 1 saturated heterocycles. The third-order valence-electron chi connectivity index (χ3n) is 7.26. The van der Waals surface area contributed by atoms with Crippen LogP contribution in [-0.2, 0) is 14.3 Å². The van der Waals surface area contributed by atoms with E-state index < -0.39 is 0 Å². The van der Waals surface area contributed by atoms with Gasteiger partial charge >= 0.3 is 5.97 Å². The topological polar surface area (TPSA) is 68.1 Å². The Morgan fingerprint density at radius 3 is 2.71 bits per heavy atom. The Morgan fingerprint density at radius 1 is 1.25 bits per heavy atom. The van der Waals surface area contributed by atoms with Crippen LogP contribution in [-0.4, -0.2) is 35.2 Å². The first kappa shape index (κ1) is 16.1. The number of nitrogens with zero attached hydrogens (tertiary/aromatic N) is 1. The Bertz CT molecular complexity index is 623. The Hall–Kier alpha value is -1.36. The van der Waals surface area contributed by atoms with Crippen LogP contribution in [0.15, 0.2) is 16.8 Å². The summed E-state index contributed by atoms with van der Waals surface area (Å²) in [5, 5.41) is 13.0. The Labute approximate surface area is 143 Å². The normalized spacial score (nSPS) is 45.5. The number of fused-ring (bicyclic) bond motifs is 3. The number of hydrogen-bond donors (Lipinski definition) is 1. The first-order chi connectivity index (χ1) is 11.4. The fraction of sp³-hybridized carbons (Fsp3) is 0.789. The molecule has 2 saturated carbocycles. The lowest BCUT2D eigenvalue weighted by Crippen LogP contribution is -2.52. The summed E-state index contributed by atoms with van der Waals surface area (Å²) in [6.45, 7) is 7.03. The molecule has 0 aromatic heterocycles. The first-order valence-corrected chi connectivity index (χ1v) is 9.13. The van der Waals surface area contributed by atoms with Crippen molar-refractivity contribution in [1.29, 1.82) is 0 Å². The molecular formula is C19H27NO4. The predicted octanol–water partition coefficient (Wildman–Crippen LogP) is 3.31. The van der Waals surface area contributed by atoms with Gasteiger partial charge in [-0.05, 0) is 62.9 Å². The van der Waals surface area contributed by atoms with Crippen LogP contribution in [0.5, 0.6) is 0 Å². The number of oxime groups is 1. The molecule has 2 aliphatic carbocycles. The van der Waals surface area contributed by atoms with Crippen LogP contribution in [0.3, 0.4) is 0 Å². The van der Waals surface area contributed by atoms with Gasteiger partial charge in [0.15, 0.2) is 0 Å². The smallest absolute Gasteiger partial charge is 0.336 e. The first-order valence-electron chi connectivity index (χ1n) is 9.13. The summed E-state index contributed by atoms with van der Waals surface area (Å²) in [6.07, 6.45) is 6.65. The second kappa shape index (κ2) is 5.32. The van der Waals surface area contributed by atoms with E-state index in [-0.39, 0.29) is 23.1 Å². The summed E-state index contributed by atoms with van der Waals surface area (Å²) in [4.78, 5) is 11.9. The van der Waals surface area contributed by atoms with E-state index in [1.165, 1.54) is 0 Å². The van der Waals surface area contributed by atoms with Crippen LogP contribution in [0.2, 0.25) is 0 Å². The second-order valence-corrected chi connectivity index (χ2v) is 8.64. The van der Waals surface area contributed by atoms with Gasteiger partial charge in [-0.25, -0.2) is 4.79 Å². The summed E-state index contributed by atoms with van der Waals surface area (Å²) in [6, 6.07) is 0. The van der Waals surface area contributed by atoms with Gasteiger partial charge in [0.05, 0.1) is 23.0 Å². The van der Waals surface area contributed by atoms with Crippen LogP contribution in [0, 0.1) is 23.2 Å². The van der Waals surface area contributed by atoms with E-state index in [0.29, 0.717) is 24.4 Å². The van der Waals surface area contributed by atoms with Crippen molar-refractivity contribution in [2.45, 2.75) is 64.6 Å². The van der Waals surface area contributed by atoms with Crippen molar-refractivity contribution in [3.05, 3.63) is 11.6 Å². The maximum Gasteiger partial charge on any atom is 0.336 e. The zero-order valence-corrected chi connectivity index (χ0v) is 14.7. The van der Waals surface area contributed by atoms with Gasteiger partial charge in [0, 0.05) is 5.41 Å². The van der Waals surface area contributed by atoms with E-state index in [1.54, 1.807) is 0 Å². The van der Waals surface area contributed by atoms with Crippen molar-refractivity contribution in [3.63, 3.8) is 0 Å². The zero-order valence-electron chi connectivity index (χ0n) is 14.7. The second-order valence-electron chi connectivity index (χ2n) is 8.64. The van der Waals surface area contributed by atoms with E-state index in [1.807, 2.05) is 6.08 Å². The highest BCUT2D eigenvalue weighted by Crippen LogP contribution is 2.59. The lowest BCUT2D eigenvalue weighted by molar-refractivity contribution is -0.138. The van der Waals surface area contributed by atoms with Crippen LogP contribution in [0.25, 0.3) is 0 Å². The molecule has 24 heavy (non-hydrogen) atoms. The molecule has 5 unspecified atom stereocenters. The minimum Gasteiger partial charge on any atom is -0.458 e. The molecule has 0 bridgehead atoms. The minimum atomic E-state index is -0.211. The van der Waals surface area contributed by atoms with E-state index >= 15 is 0 Å². The third kappa shape index (κ3) is 2.17. The van der Waals surface area contributed by atoms with Crippen molar-refractivity contribution in [2.75, 3.05) is 6.61 Å². The fourth-order valence-corrected chi connectivity index (χ4v) is 5.89. The van der Waals surface area contributed by atoms with Crippen molar-refractivity contribution in [1.82, 2.24) is 0 Å². The van der Waals surface area contributed by atoms with E-state index in [9.17, 15) is 10.0 Å². The SMILES string of the molecule is CC12CCC3C(CC/C(=N\O)C3(C)C)C1CC(C1=CCOC1=O)O2. The largest absolute Gasteiger partial charge is 0.458 e. The molecule has 0 aromatic rings. The number of rotatable bonds is 1. The Balaban J connectivity index is 1.61. The highest BCUT2D eigenvalue weighted by Gasteiger charge is 2.58. The summed E-state index contributed by atoms with van der Waals surface area (Å²) < 4.78 is 11.5. The summed E-state index contributed by atoms with van der Waals surface area (Å²) in [5.74, 6) is 1.32. The Morgan fingerprint density at radius 2 is 2.04 bits per heavy atom. The molecule has 2 aliphatic heterocycles. The maximum absolute atomic E-state index is 11.9. The van der Waals surface area contributed by atoms with Crippen molar-refractivity contribution >= 4 is 11.7 Å². The molecule has 5 nitrogen and oxygen atoms in total. The predicted molar refractivity (Wildman–Crippen MR) is 88.9 cm³/mol. The molecule has 3 fully saturated rings. The molecular weight excluding hydrogens is 306 g/mol. The van der Waals surface area contributed by atoms with Crippen molar-refractivity contribution in [2.24, 2.45) is 28.3 Å². The summed E-state index contributed by atoms with van der Waals surface area (Å²) in [5.41, 5.74) is 1.43. The van der Waals surface area contributed by atoms with Crippen LogP contribution in [0.1, 0.15) is 52.9 Å². The van der Waals surface area contributed by atoms with Gasteiger partial charge in [-0.15, -0.1) is 0 Å². The highest BCUT2D eigenvalue weighted by molar-refractivity contribution is 5.91. The van der Waals surface area contributed by atoms with Gasteiger partial charge in [-0.2, -0.15) is 0 Å². The molecule has 0 amide bonds. The van der Waals surface area contributed by atoms with Gasteiger partial charge in [0.25, 0.3) is 0 Å². The molecule has 0 aromatic carbocycles. The standard InChI is InChI=1S/C19H27NO4/c1-18(2)13-6-8-19(3)14(11(13)4-5-16(18)20-22)10-15(24-19)12-7-9-23-17(12)21/h7,11,13-15,22H,4-6,8-10H2,1-3H3/b20-16+. The zero-order chi connectivity index (χ0) is 17.1. The van der Waals surface area contributed by atoms with Gasteiger partial charge in [-0.1, -0.05) is 19.0 Å². The van der Waals surface area contributed by atoms with Crippen molar-refractivity contribution in [3.8, 4) is 0 Å². The van der Waals surface area contributed by atoms with Crippen LogP contribution < -0.4 is 0 Å². The average Bonchev–Trinajstić information content (AvgIpc) is 3.09. The number of esters is 1. The quantitative estimate of drug-likeness (QED) is 0.454. The number of ether oxygens (including phenoxy) is 2. The monoisotopic (exact) mass is 333 g/mol. The number of carbonyl (C=O) groups excluding carboxylic acids is 1. The Kier molecular flexibility index (Phi) is 3.57. The summed E-state index contributed by atoms with van der Waals surface area (Å²) >= 11 is 0. The number of cyclic esters (lactones) is 1. The molecule has 1 N–H and O–H groups in total. The van der Waals surface area contributed by atoms with Crippen LogP contribution in [0.4, 0.5) is 0 Å². The van der Waals surface area contributed by atoms with E-state index in [0.717, 1.165) is 43.4 Å². The maximum atomic E-state index is 11.9. The van der Waals surface area contributed by atoms with Gasteiger partial charge in [0.2, 0.25) is 0 Å². The van der Waals surface area contributed by atoms with Gasteiger partial charge < -0.3 is 14.7 Å². The molecule has 5 heteroatoms. The fourth-order valence-electron chi connectivity index (χ4n) is 5.89. The summed E-state index contributed by atoms with van der Waals surface area (Å²) in [7, 11) is 0. The van der Waals surface area contributed by atoms with E-state index in [2.05, 4.69) is 25.9 Å². The molecule has 2 heterocycles. The lowest BCUT2D eigenvalue weighted by Gasteiger charge is -2.53. The van der Waals surface area contributed by atoms with E-state index in [4.69, 9.17) is 9.47 Å². The van der Waals surface area contributed by atoms with Gasteiger partial charge in [0.1, 0.15) is 6.61 Å². The third-order valence-corrected chi connectivity index (χ3v) is 7.26.